The number of halogens is 3. The third kappa shape index (κ3) is 4.64. The summed E-state index contributed by atoms with van der Waals surface area (Å²) in [5, 5.41) is 14.1. The van der Waals surface area contributed by atoms with Gasteiger partial charge in [-0.05, 0) is 87.1 Å². The number of amides is 1. The number of alkyl halides is 3. The number of carbonyl (C=O) groups is 1. The van der Waals surface area contributed by atoms with Crippen LogP contribution in [-0.4, -0.2) is 58.3 Å². The first kappa shape index (κ1) is 24.5. The molecule has 0 spiro atoms. The highest BCUT2D eigenvalue weighted by Gasteiger charge is 2.55. The van der Waals surface area contributed by atoms with E-state index in [1.165, 1.54) is 12.1 Å². The summed E-state index contributed by atoms with van der Waals surface area (Å²) in [4.78, 5) is 26.3. The molecule has 37 heavy (non-hydrogen) atoms. The monoisotopic (exact) mass is 515 g/mol. The summed E-state index contributed by atoms with van der Waals surface area (Å²) in [7, 11) is 0. The molecule has 7 nitrogen and oxygen atoms in total. The van der Waals surface area contributed by atoms with Crippen LogP contribution in [0.5, 0.6) is 0 Å². The molecular formula is C27H32F3N5O2. The van der Waals surface area contributed by atoms with Crippen molar-refractivity contribution in [1.29, 1.82) is 0 Å². The number of nitrogens with zero attached hydrogens (tertiary/aromatic N) is 4. The first-order chi connectivity index (χ1) is 17.6. The Morgan fingerprint density at radius 1 is 1.08 bits per heavy atom. The number of rotatable bonds is 4. The van der Waals surface area contributed by atoms with Gasteiger partial charge in [-0.2, -0.15) is 13.2 Å². The van der Waals surface area contributed by atoms with Crippen molar-refractivity contribution in [2.24, 2.45) is 17.8 Å². The summed E-state index contributed by atoms with van der Waals surface area (Å²) in [5.74, 6) is 1.49. The van der Waals surface area contributed by atoms with Crippen molar-refractivity contribution in [3.63, 3.8) is 0 Å². The molecule has 1 aromatic heterocycles. The van der Waals surface area contributed by atoms with E-state index in [1.54, 1.807) is 12.3 Å². The number of carbonyl (C=O) groups excluding carboxylic acids is 1. The molecule has 5 fully saturated rings. The van der Waals surface area contributed by atoms with Crippen LogP contribution in [0.15, 0.2) is 36.5 Å². The van der Waals surface area contributed by atoms with Crippen LogP contribution in [0.25, 0.3) is 0 Å². The van der Waals surface area contributed by atoms with Crippen LogP contribution in [0.2, 0.25) is 0 Å². The van der Waals surface area contributed by atoms with E-state index >= 15 is 0 Å². The van der Waals surface area contributed by atoms with Crippen molar-refractivity contribution >= 4 is 17.5 Å². The highest BCUT2D eigenvalue weighted by molar-refractivity contribution is 5.92. The SMILES string of the molecule is C[C@@H]1CN(c2ccc(C(F)(F)F)cc2)CCN1c1nccc(C(=O)NC2C3CC4CC2CC(O)(C4)C3)n1. The Morgan fingerprint density at radius 3 is 2.41 bits per heavy atom. The molecule has 1 aliphatic heterocycles. The summed E-state index contributed by atoms with van der Waals surface area (Å²) in [6.45, 7) is 3.80. The van der Waals surface area contributed by atoms with Gasteiger partial charge in [-0.3, -0.25) is 4.79 Å². The fraction of sp³-hybridized carbons (Fsp3) is 0.593. The number of aromatic nitrogens is 2. The molecule has 2 aromatic rings. The van der Waals surface area contributed by atoms with Crippen LogP contribution in [0, 0.1) is 17.8 Å². The Hall–Kier alpha value is -2.88. The lowest BCUT2D eigenvalue weighted by atomic mass is 9.52. The Labute approximate surface area is 214 Å². The zero-order valence-electron chi connectivity index (χ0n) is 20.8. The molecular weight excluding hydrogens is 483 g/mol. The number of piperazine rings is 1. The van der Waals surface area contributed by atoms with Crippen LogP contribution >= 0.6 is 0 Å². The normalized spacial score (nSPS) is 33.1. The summed E-state index contributed by atoms with van der Waals surface area (Å²) < 4.78 is 38.7. The molecule has 2 heterocycles. The van der Waals surface area contributed by atoms with Gasteiger partial charge in [-0.1, -0.05) is 0 Å². The second kappa shape index (κ2) is 8.85. The van der Waals surface area contributed by atoms with Gasteiger partial charge >= 0.3 is 6.18 Å². The van der Waals surface area contributed by atoms with Gasteiger partial charge in [0.05, 0.1) is 11.2 Å². The first-order valence-corrected chi connectivity index (χ1v) is 13.1. The van der Waals surface area contributed by atoms with Crippen LogP contribution in [0.1, 0.15) is 55.1 Å². The molecule has 5 aliphatic rings. The maximum Gasteiger partial charge on any atom is 0.416 e. The standard InChI is InChI=1S/C27H32F3N5O2/c1-16-15-34(21-4-2-20(3-5-21)27(28,29)30)8-9-35(16)25-31-7-6-22(32-25)24(36)33-23-18-10-17-11-19(23)14-26(37,12-17)13-18/h2-7,16-19,23,37H,8-15H2,1H3,(H,33,36)/t16-,17?,18?,19?,23?,26?/m1/s1. The topological polar surface area (TPSA) is 81.6 Å². The molecule has 4 bridgehead atoms. The van der Waals surface area contributed by atoms with E-state index in [-0.39, 0.29) is 18.0 Å². The van der Waals surface area contributed by atoms with E-state index < -0.39 is 17.3 Å². The molecule has 1 aromatic carbocycles. The lowest BCUT2D eigenvalue weighted by molar-refractivity contribution is -0.137. The van der Waals surface area contributed by atoms with E-state index in [0.717, 1.165) is 49.9 Å². The zero-order chi connectivity index (χ0) is 25.9. The summed E-state index contributed by atoms with van der Waals surface area (Å²) in [6.07, 6.45) is 1.82. The average molecular weight is 516 g/mol. The van der Waals surface area contributed by atoms with Crippen molar-refractivity contribution in [2.45, 2.75) is 62.9 Å². The number of nitrogens with one attached hydrogen (secondary N) is 1. The maximum atomic E-state index is 13.2. The minimum absolute atomic E-state index is 0.000441. The van der Waals surface area contributed by atoms with Gasteiger partial charge in [0.25, 0.3) is 5.91 Å². The number of anilines is 2. The van der Waals surface area contributed by atoms with Crippen LogP contribution in [-0.2, 0) is 6.18 Å². The third-order valence-electron chi connectivity index (χ3n) is 8.86. The van der Waals surface area contributed by atoms with Gasteiger partial charge < -0.3 is 20.2 Å². The average Bonchev–Trinajstić information content (AvgIpc) is 2.85. The maximum absolute atomic E-state index is 13.2. The number of hydrogen-bond donors (Lipinski definition) is 2. The van der Waals surface area contributed by atoms with Crippen LogP contribution < -0.4 is 15.1 Å². The fourth-order valence-corrected chi connectivity index (χ4v) is 7.41. The van der Waals surface area contributed by atoms with Gasteiger partial charge in [0.15, 0.2) is 0 Å². The van der Waals surface area contributed by atoms with Crippen molar-refractivity contribution < 1.29 is 23.1 Å². The van der Waals surface area contributed by atoms with E-state index in [4.69, 9.17) is 0 Å². The second-order valence-electron chi connectivity index (χ2n) is 11.5. The highest BCUT2D eigenvalue weighted by Crippen LogP contribution is 2.55. The lowest BCUT2D eigenvalue weighted by Crippen LogP contribution is -2.61. The summed E-state index contributed by atoms with van der Waals surface area (Å²) in [6, 6.07) is 6.95. The fourth-order valence-electron chi connectivity index (χ4n) is 7.41. The minimum Gasteiger partial charge on any atom is -0.390 e. The van der Waals surface area contributed by atoms with E-state index in [9.17, 15) is 23.1 Å². The minimum atomic E-state index is -4.35. The molecule has 0 radical (unpaired) electrons. The first-order valence-electron chi connectivity index (χ1n) is 13.1. The summed E-state index contributed by atoms with van der Waals surface area (Å²) in [5.41, 5.74) is -0.127. The molecule has 4 saturated carbocycles. The highest BCUT2D eigenvalue weighted by atomic mass is 19.4. The van der Waals surface area contributed by atoms with Crippen LogP contribution in [0.3, 0.4) is 0 Å². The Morgan fingerprint density at radius 2 is 1.78 bits per heavy atom. The molecule has 2 N–H and O–H groups in total. The Bertz CT molecular complexity index is 1160. The summed E-state index contributed by atoms with van der Waals surface area (Å²) >= 11 is 0. The van der Waals surface area contributed by atoms with Gasteiger partial charge in [0.2, 0.25) is 5.95 Å². The molecule has 7 rings (SSSR count). The van der Waals surface area contributed by atoms with Gasteiger partial charge in [0.1, 0.15) is 5.69 Å². The second-order valence-corrected chi connectivity index (χ2v) is 11.5. The lowest BCUT2D eigenvalue weighted by Gasteiger charge is -2.58. The number of aliphatic hydroxyl groups is 1. The molecule has 4 aliphatic carbocycles. The van der Waals surface area contributed by atoms with Crippen LogP contribution in [0.4, 0.5) is 24.8 Å². The smallest absolute Gasteiger partial charge is 0.390 e. The molecule has 10 heteroatoms. The predicted molar refractivity (Wildman–Crippen MR) is 132 cm³/mol. The zero-order valence-corrected chi connectivity index (χ0v) is 20.8. The molecule has 2 unspecified atom stereocenters. The molecule has 1 saturated heterocycles. The van der Waals surface area contributed by atoms with E-state index in [1.807, 2.05) is 11.8 Å². The largest absolute Gasteiger partial charge is 0.416 e. The number of benzene rings is 1. The molecule has 1 amide bonds. The van der Waals surface area contributed by atoms with Gasteiger partial charge in [-0.25, -0.2) is 9.97 Å². The Kier molecular flexibility index (Phi) is 5.85. The van der Waals surface area contributed by atoms with Crippen molar-refractivity contribution in [1.82, 2.24) is 15.3 Å². The van der Waals surface area contributed by atoms with Gasteiger partial charge in [-0.15, -0.1) is 0 Å². The van der Waals surface area contributed by atoms with E-state index in [0.29, 0.717) is 49.0 Å². The molecule has 198 valence electrons. The predicted octanol–water partition coefficient (Wildman–Crippen LogP) is 3.88. The van der Waals surface area contributed by atoms with Gasteiger partial charge in [0, 0.05) is 43.6 Å². The Balaban J connectivity index is 1.11. The van der Waals surface area contributed by atoms with Crippen molar-refractivity contribution in [3.05, 3.63) is 47.8 Å². The number of hydrogen-bond acceptors (Lipinski definition) is 6. The van der Waals surface area contributed by atoms with Crippen molar-refractivity contribution in [2.75, 3.05) is 29.4 Å². The van der Waals surface area contributed by atoms with Crippen molar-refractivity contribution in [3.8, 4) is 0 Å². The van der Waals surface area contributed by atoms with E-state index in [2.05, 4.69) is 20.2 Å². The third-order valence-corrected chi connectivity index (χ3v) is 8.86. The molecule has 3 atom stereocenters. The quantitative estimate of drug-likeness (QED) is 0.644.